The lowest BCUT2D eigenvalue weighted by Crippen LogP contribution is -2.49. The molecule has 0 amide bonds. The topological polar surface area (TPSA) is 75.5 Å². The number of anilines is 1. The summed E-state index contributed by atoms with van der Waals surface area (Å²) in [6.45, 7) is 5.45. The van der Waals surface area contributed by atoms with Crippen molar-refractivity contribution in [2.24, 2.45) is 0 Å². The third kappa shape index (κ3) is 2.36. The van der Waals surface area contributed by atoms with E-state index in [1.54, 1.807) is 0 Å². The van der Waals surface area contributed by atoms with Gasteiger partial charge in [-0.05, 0) is 13.8 Å². The van der Waals surface area contributed by atoms with Crippen LogP contribution in [0.5, 0.6) is 0 Å². The number of morpholine rings is 1. The van der Waals surface area contributed by atoms with Gasteiger partial charge >= 0.3 is 5.97 Å². The maximum atomic E-state index is 10.7. The molecule has 1 aromatic rings. The predicted molar refractivity (Wildman–Crippen MR) is 61.2 cm³/mol. The van der Waals surface area contributed by atoms with Crippen LogP contribution in [0.25, 0.3) is 0 Å². The molecule has 2 rings (SSSR count). The zero-order valence-corrected chi connectivity index (χ0v) is 9.83. The molecular formula is C11H15N3O3. The minimum atomic E-state index is -1.06. The molecule has 1 aliphatic rings. The first-order valence-corrected chi connectivity index (χ1v) is 5.53. The molecule has 2 atom stereocenters. The zero-order chi connectivity index (χ0) is 12.4. The Balaban J connectivity index is 2.19. The third-order valence-electron chi connectivity index (χ3n) is 3.04. The fraction of sp³-hybridized carbons (Fsp3) is 0.545. The van der Waals surface area contributed by atoms with E-state index >= 15 is 0 Å². The van der Waals surface area contributed by atoms with Crippen LogP contribution in [0.1, 0.15) is 24.3 Å². The van der Waals surface area contributed by atoms with E-state index in [4.69, 9.17) is 9.84 Å². The molecular weight excluding hydrogens is 222 g/mol. The molecule has 1 aromatic heterocycles. The second kappa shape index (κ2) is 4.67. The van der Waals surface area contributed by atoms with Crippen LogP contribution in [0.3, 0.4) is 0 Å². The number of carboxylic acid groups (broad SMARTS) is 1. The summed E-state index contributed by atoms with van der Waals surface area (Å²) in [5.41, 5.74) is -0.0392. The lowest BCUT2D eigenvalue weighted by Gasteiger charge is -2.38. The minimum Gasteiger partial charge on any atom is -0.476 e. The Labute approximate surface area is 99.2 Å². The standard InChI is InChI=1S/C11H15N3O3/c1-7-8(2)17-4-3-14(7)10-6-12-9(5-13-10)11(15)16/h5-8H,3-4H2,1-2H3,(H,15,16). The van der Waals surface area contributed by atoms with Crippen molar-refractivity contribution in [3.8, 4) is 0 Å². The van der Waals surface area contributed by atoms with Crippen molar-refractivity contribution in [3.05, 3.63) is 18.1 Å². The molecule has 6 nitrogen and oxygen atoms in total. The maximum Gasteiger partial charge on any atom is 0.356 e. The number of carbonyl (C=O) groups is 1. The van der Waals surface area contributed by atoms with Crippen LogP contribution < -0.4 is 4.90 Å². The Morgan fingerprint density at radius 2 is 2.24 bits per heavy atom. The van der Waals surface area contributed by atoms with E-state index < -0.39 is 5.97 Å². The van der Waals surface area contributed by atoms with Crippen LogP contribution >= 0.6 is 0 Å². The Kier molecular flexibility index (Phi) is 3.23. The molecule has 0 aliphatic carbocycles. The van der Waals surface area contributed by atoms with Gasteiger partial charge in [0.15, 0.2) is 5.69 Å². The van der Waals surface area contributed by atoms with E-state index in [2.05, 4.69) is 21.8 Å². The molecule has 2 heterocycles. The van der Waals surface area contributed by atoms with Gasteiger partial charge < -0.3 is 14.7 Å². The Hall–Kier alpha value is -1.69. The molecule has 0 saturated carbocycles. The molecule has 2 unspecified atom stereocenters. The summed E-state index contributed by atoms with van der Waals surface area (Å²) < 4.78 is 5.52. The second-order valence-corrected chi connectivity index (χ2v) is 4.07. The van der Waals surface area contributed by atoms with Gasteiger partial charge in [0.05, 0.1) is 31.1 Å². The number of rotatable bonds is 2. The van der Waals surface area contributed by atoms with Crippen LogP contribution in [0.4, 0.5) is 5.82 Å². The first-order chi connectivity index (χ1) is 8.09. The Morgan fingerprint density at radius 1 is 1.47 bits per heavy atom. The van der Waals surface area contributed by atoms with Gasteiger partial charge in [-0.15, -0.1) is 0 Å². The average molecular weight is 237 g/mol. The van der Waals surface area contributed by atoms with Gasteiger partial charge in [-0.3, -0.25) is 0 Å². The van der Waals surface area contributed by atoms with E-state index in [0.29, 0.717) is 12.4 Å². The number of aromatic nitrogens is 2. The molecule has 1 fully saturated rings. The van der Waals surface area contributed by atoms with Gasteiger partial charge in [0, 0.05) is 6.54 Å². The minimum absolute atomic E-state index is 0.0392. The van der Waals surface area contributed by atoms with Crippen molar-refractivity contribution in [1.29, 1.82) is 0 Å². The molecule has 0 aromatic carbocycles. The highest BCUT2D eigenvalue weighted by Crippen LogP contribution is 2.19. The number of hydrogen-bond acceptors (Lipinski definition) is 5. The summed E-state index contributed by atoms with van der Waals surface area (Å²) >= 11 is 0. The van der Waals surface area contributed by atoms with Crippen LogP contribution in [0, 0.1) is 0 Å². The summed E-state index contributed by atoms with van der Waals surface area (Å²) in [5, 5.41) is 8.74. The van der Waals surface area contributed by atoms with Gasteiger partial charge in [0.2, 0.25) is 0 Å². The van der Waals surface area contributed by atoms with Crippen molar-refractivity contribution in [1.82, 2.24) is 9.97 Å². The fourth-order valence-corrected chi connectivity index (χ4v) is 1.84. The fourth-order valence-electron chi connectivity index (χ4n) is 1.84. The van der Waals surface area contributed by atoms with Crippen molar-refractivity contribution in [2.45, 2.75) is 26.0 Å². The summed E-state index contributed by atoms with van der Waals surface area (Å²) in [4.78, 5) is 20.7. The van der Waals surface area contributed by atoms with Gasteiger partial charge in [0.25, 0.3) is 0 Å². The molecule has 0 radical (unpaired) electrons. The van der Waals surface area contributed by atoms with E-state index in [1.165, 1.54) is 12.4 Å². The highest BCUT2D eigenvalue weighted by atomic mass is 16.5. The van der Waals surface area contributed by atoms with Crippen molar-refractivity contribution in [2.75, 3.05) is 18.1 Å². The lowest BCUT2D eigenvalue weighted by atomic mass is 10.1. The predicted octanol–water partition coefficient (Wildman–Crippen LogP) is 0.788. The van der Waals surface area contributed by atoms with E-state index in [-0.39, 0.29) is 17.8 Å². The monoisotopic (exact) mass is 237 g/mol. The molecule has 6 heteroatoms. The molecule has 92 valence electrons. The molecule has 1 saturated heterocycles. The average Bonchev–Trinajstić information content (AvgIpc) is 2.33. The summed E-state index contributed by atoms with van der Waals surface area (Å²) in [5.74, 6) is -0.370. The van der Waals surface area contributed by atoms with Crippen molar-refractivity contribution in [3.63, 3.8) is 0 Å². The Bertz CT molecular complexity index is 407. The van der Waals surface area contributed by atoms with E-state index in [0.717, 1.165) is 6.54 Å². The van der Waals surface area contributed by atoms with E-state index in [1.807, 2.05) is 6.92 Å². The van der Waals surface area contributed by atoms with Crippen LogP contribution in [0.15, 0.2) is 12.4 Å². The van der Waals surface area contributed by atoms with Gasteiger partial charge in [-0.1, -0.05) is 0 Å². The third-order valence-corrected chi connectivity index (χ3v) is 3.04. The van der Waals surface area contributed by atoms with Crippen LogP contribution in [-0.2, 0) is 4.74 Å². The largest absolute Gasteiger partial charge is 0.476 e. The number of hydrogen-bond donors (Lipinski definition) is 1. The normalized spacial score (nSPS) is 24.7. The molecule has 17 heavy (non-hydrogen) atoms. The van der Waals surface area contributed by atoms with Crippen LogP contribution in [0.2, 0.25) is 0 Å². The van der Waals surface area contributed by atoms with Gasteiger partial charge in [0.1, 0.15) is 5.82 Å². The summed E-state index contributed by atoms with van der Waals surface area (Å²) in [7, 11) is 0. The van der Waals surface area contributed by atoms with Gasteiger partial charge in [-0.25, -0.2) is 14.8 Å². The summed E-state index contributed by atoms with van der Waals surface area (Å²) in [6.07, 6.45) is 2.91. The van der Waals surface area contributed by atoms with Crippen molar-refractivity contribution < 1.29 is 14.6 Å². The highest BCUT2D eigenvalue weighted by molar-refractivity contribution is 5.84. The smallest absolute Gasteiger partial charge is 0.356 e. The number of aromatic carboxylic acids is 1. The first-order valence-electron chi connectivity index (χ1n) is 5.53. The van der Waals surface area contributed by atoms with Crippen molar-refractivity contribution >= 4 is 11.8 Å². The first kappa shape index (κ1) is 11.8. The molecule has 0 bridgehead atoms. The lowest BCUT2D eigenvalue weighted by molar-refractivity contribution is 0.0281. The Morgan fingerprint density at radius 3 is 2.82 bits per heavy atom. The SMILES string of the molecule is CC1OCCN(c2cnc(C(=O)O)cn2)C1C. The van der Waals surface area contributed by atoms with Gasteiger partial charge in [-0.2, -0.15) is 0 Å². The molecule has 1 N–H and O–H groups in total. The quantitative estimate of drug-likeness (QED) is 0.819. The second-order valence-electron chi connectivity index (χ2n) is 4.07. The number of ether oxygens (including phenoxy) is 1. The highest BCUT2D eigenvalue weighted by Gasteiger charge is 2.26. The number of nitrogens with zero attached hydrogens (tertiary/aromatic N) is 3. The molecule has 0 spiro atoms. The van der Waals surface area contributed by atoms with E-state index in [9.17, 15) is 4.79 Å². The maximum absolute atomic E-state index is 10.7. The van der Waals surface area contributed by atoms with Crippen LogP contribution in [-0.4, -0.2) is 46.3 Å². The number of carboxylic acids is 1. The summed E-state index contributed by atoms with van der Waals surface area (Å²) in [6, 6.07) is 0.203. The zero-order valence-electron chi connectivity index (χ0n) is 9.83. The molecule has 1 aliphatic heterocycles.